The van der Waals surface area contributed by atoms with Crippen LogP contribution in [0.2, 0.25) is 0 Å². The highest BCUT2D eigenvalue weighted by Crippen LogP contribution is 2.34. The van der Waals surface area contributed by atoms with Crippen molar-refractivity contribution in [1.29, 1.82) is 0 Å². The molecule has 32 heavy (non-hydrogen) atoms. The van der Waals surface area contributed by atoms with Gasteiger partial charge in [-0.05, 0) is 52.2 Å². The van der Waals surface area contributed by atoms with Gasteiger partial charge in [0, 0.05) is 49.4 Å². The summed E-state index contributed by atoms with van der Waals surface area (Å²) in [6.45, 7) is 9.14. The molecule has 3 aromatic heterocycles. The molecule has 0 bridgehead atoms. The summed E-state index contributed by atoms with van der Waals surface area (Å²) in [5, 5.41) is 8.41. The molecule has 172 valence electrons. The third-order valence-electron chi connectivity index (χ3n) is 6.41. The van der Waals surface area contributed by atoms with Crippen molar-refractivity contribution in [3.63, 3.8) is 0 Å². The summed E-state index contributed by atoms with van der Waals surface area (Å²) in [5.41, 5.74) is 3.44. The highest BCUT2D eigenvalue weighted by Gasteiger charge is 2.36. The fourth-order valence-electron chi connectivity index (χ4n) is 4.31. The van der Waals surface area contributed by atoms with Gasteiger partial charge in [-0.15, -0.1) is 0 Å². The molecule has 0 saturated carbocycles. The number of aromatic nitrogens is 5. The van der Waals surface area contributed by atoms with Gasteiger partial charge in [-0.2, -0.15) is 23.4 Å². The summed E-state index contributed by atoms with van der Waals surface area (Å²) in [6, 6.07) is 2.66. The molecule has 4 rings (SSSR count). The summed E-state index contributed by atoms with van der Waals surface area (Å²) in [4.78, 5) is 18.9. The maximum absolute atomic E-state index is 13.6. The van der Waals surface area contributed by atoms with Gasteiger partial charge in [0.2, 0.25) is 5.91 Å². The number of likely N-dealkylation sites (tertiary alicyclic amines) is 1. The smallest absolute Gasteiger partial charge is 0.343 e. The van der Waals surface area contributed by atoms with Gasteiger partial charge in [0.1, 0.15) is 5.69 Å². The fourth-order valence-corrected chi connectivity index (χ4v) is 4.31. The van der Waals surface area contributed by atoms with Crippen LogP contribution in [0.5, 0.6) is 0 Å². The Morgan fingerprint density at radius 1 is 1.09 bits per heavy atom. The van der Waals surface area contributed by atoms with E-state index in [4.69, 9.17) is 0 Å². The largest absolute Gasteiger partial charge is 0.433 e. The molecular formula is C22H27F3N6O. The summed E-state index contributed by atoms with van der Waals surface area (Å²) in [6.07, 6.45) is -3.01. The fraction of sp³-hybridized carbons (Fsp3) is 0.545. The van der Waals surface area contributed by atoms with Crippen LogP contribution in [0.4, 0.5) is 13.2 Å². The molecule has 4 heterocycles. The number of carbonyl (C=O) groups is 1. The molecule has 0 atom stereocenters. The Balaban J connectivity index is 1.42. The van der Waals surface area contributed by atoms with Crippen molar-refractivity contribution in [3.8, 4) is 0 Å². The van der Waals surface area contributed by atoms with Crippen molar-refractivity contribution in [2.75, 3.05) is 13.1 Å². The van der Waals surface area contributed by atoms with E-state index in [0.717, 1.165) is 27.5 Å². The van der Waals surface area contributed by atoms with Crippen molar-refractivity contribution in [1.82, 2.24) is 29.3 Å². The van der Waals surface area contributed by atoms with Gasteiger partial charge in [0.25, 0.3) is 0 Å². The Kier molecular flexibility index (Phi) is 5.72. The SMILES string of the molecule is Cc1cc2nc(C3CCN(C(=O)CCn4nc(C)c(C)c4C)CC3)cc(C(F)(F)F)n2n1. The van der Waals surface area contributed by atoms with Gasteiger partial charge >= 0.3 is 6.18 Å². The second-order valence-corrected chi connectivity index (χ2v) is 8.54. The average Bonchev–Trinajstić information content (AvgIpc) is 3.24. The molecule has 7 nitrogen and oxygen atoms in total. The Morgan fingerprint density at radius 2 is 1.78 bits per heavy atom. The average molecular weight is 448 g/mol. The van der Waals surface area contributed by atoms with Crippen LogP contribution in [-0.2, 0) is 17.5 Å². The first kappa shape index (κ1) is 22.3. The summed E-state index contributed by atoms with van der Waals surface area (Å²) < 4.78 is 43.4. The predicted octanol–water partition coefficient (Wildman–Crippen LogP) is 3.97. The zero-order valence-electron chi connectivity index (χ0n) is 18.7. The zero-order valence-corrected chi connectivity index (χ0v) is 18.7. The molecule has 0 spiro atoms. The van der Waals surface area contributed by atoms with Gasteiger partial charge in [-0.3, -0.25) is 9.48 Å². The van der Waals surface area contributed by atoms with Crippen LogP contribution in [0.3, 0.4) is 0 Å². The Labute approximate surface area is 184 Å². The van der Waals surface area contributed by atoms with Crippen LogP contribution in [0.25, 0.3) is 5.65 Å². The van der Waals surface area contributed by atoms with Crippen molar-refractivity contribution in [2.45, 2.75) is 65.6 Å². The lowest BCUT2D eigenvalue weighted by molar-refractivity contribution is -0.142. The number of rotatable bonds is 4. The summed E-state index contributed by atoms with van der Waals surface area (Å²) in [7, 11) is 0. The number of aryl methyl sites for hydroxylation is 3. The first-order valence-electron chi connectivity index (χ1n) is 10.8. The van der Waals surface area contributed by atoms with Crippen molar-refractivity contribution < 1.29 is 18.0 Å². The standard InChI is InChI=1S/C22H27F3N6O/c1-13-11-20-26-18(12-19(22(23,24)25)31(20)27-13)17-5-8-29(9-6-17)21(32)7-10-30-16(4)14(2)15(3)28-30/h11-12,17H,5-10H2,1-4H3. The van der Waals surface area contributed by atoms with Crippen LogP contribution in [0, 0.1) is 27.7 Å². The molecule has 1 amide bonds. The van der Waals surface area contributed by atoms with Crippen molar-refractivity contribution in [3.05, 3.63) is 46.2 Å². The Hall–Kier alpha value is -2.91. The van der Waals surface area contributed by atoms with Crippen LogP contribution in [0.1, 0.15) is 59.2 Å². The molecule has 1 aliphatic rings. The quantitative estimate of drug-likeness (QED) is 0.606. The number of amides is 1. The van der Waals surface area contributed by atoms with Crippen molar-refractivity contribution >= 4 is 11.6 Å². The molecule has 1 saturated heterocycles. The molecule has 0 N–H and O–H groups in total. The minimum atomic E-state index is -4.52. The van der Waals surface area contributed by atoms with E-state index in [0.29, 0.717) is 50.3 Å². The van der Waals surface area contributed by atoms with Gasteiger partial charge in [0.15, 0.2) is 5.65 Å². The Morgan fingerprint density at radius 3 is 2.38 bits per heavy atom. The molecule has 3 aromatic rings. The third kappa shape index (κ3) is 4.22. The number of hydrogen-bond donors (Lipinski definition) is 0. The number of alkyl halides is 3. The third-order valence-corrected chi connectivity index (χ3v) is 6.41. The first-order valence-corrected chi connectivity index (χ1v) is 10.8. The van der Waals surface area contributed by atoms with Crippen molar-refractivity contribution in [2.24, 2.45) is 0 Å². The van der Waals surface area contributed by atoms with Gasteiger partial charge < -0.3 is 4.90 Å². The molecule has 0 aromatic carbocycles. The number of hydrogen-bond acceptors (Lipinski definition) is 4. The number of carbonyl (C=O) groups excluding carboxylic acids is 1. The van der Waals surface area contributed by atoms with Crippen LogP contribution >= 0.6 is 0 Å². The van der Waals surface area contributed by atoms with E-state index < -0.39 is 11.9 Å². The van der Waals surface area contributed by atoms with Gasteiger partial charge in [0.05, 0.1) is 11.4 Å². The van der Waals surface area contributed by atoms with E-state index in [9.17, 15) is 18.0 Å². The lowest BCUT2D eigenvalue weighted by Gasteiger charge is -2.32. The molecule has 1 aliphatic heterocycles. The molecule has 0 unspecified atom stereocenters. The normalized spacial score (nSPS) is 15.7. The lowest BCUT2D eigenvalue weighted by Crippen LogP contribution is -2.38. The molecule has 0 aliphatic carbocycles. The molecule has 10 heteroatoms. The van der Waals surface area contributed by atoms with E-state index >= 15 is 0 Å². The summed E-state index contributed by atoms with van der Waals surface area (Å²) in [5.74, 6) is -0.0847. The second kappa shape index (κ2) is 8.22. The van der Waals surface area contributed by atoms with E-state index in [1.54, 1.807) is 17.9 Å². The van der Waals surface area contributed by atoms with Gasteiger partial charge in [-0.1, -0.05) is 0 Å². The topological polar surface area (TPSA) is 68.3 Å². The molecular weight excluding hydrogens is 421 g/mol. The zero-order chi connectivity index (χ0) is 23.2. The van der Waals surface area contributed by atoms with E-state index in [-0.39, 0.29) is 17.5 Å². The second-order valence-electron chi connectivity index (χ2n) is 8.54. The lowest BCUT2D eigenvalue weighted by atomic mass is 9.92. The number of piperidine rings is 1. The highest BCUT2D eigenvalue weighted by molar-refractivity contribution is 5.76. The minimum Gasteiger partial charge on any atom is -0.343 e. The van der Waals surface area contributed by atoms with Crippen LogP contribution < -0.4 is 0 Å². The Bertz CT molecular complexity index is 1150. The number of halogens is 3. The predicted molar refractivity (Wildman–Crippen MR) is 112 cm³/mol. The molecule has 0 radical (unpaired) electrons. The van der Waals surface area contributed by atoms with Crippen LogP contribution in [-0.4, -0.2) is 48.3 Å². The maximum atomic E-state index is 13.6. The maximum Gasteiger partial charge on any atom is 0.433 e. The van der Waals surface area contributed by atoms with Gasteiger partial charge in [-0.25, -0.2) is 9.50 Å². The first-order chi connectivity index (χ1) is 15.0. The number of fused-ring (bicyclic) bond motifs is 1. The minimum absolute atomic E-state index is 0.0412. The van der Waals surface area contributed by atoms with E-state index in [1.165, 1.54) is 0 Å². The van der Waals surface area contributed by atoms with E-state index in [1.807, 2.05) is 25.5 Å². The number of nitrogens with zero attached hydrogens (tertiary/aromatic N) is 6. The monoisotopic (exact) mass is 448 g/mol. The van der Waals surface area contributed by atoms with Crippen LogP contribution in [0.15, 0.2) is 12.1 Å². The molecule has 1 fully saturated rings. The van der Waals surface area contributed by atoms with E-state index in [2.05, 4.69) is 15.2 Å². The highest BCUT2D eigenvalue weighted by atomic mass is 19.4. The summed E-state index contributed by atoms with van der Waals surface area (Å²) >= 11 is 0.